The first kappa shape index (κ1) is 16.7. The van der Waals surface area contributed by atoms with Crippen LogP contribution in [0.15, 0.2) is 48.5 Å². The quantitative estimate of drug-likeness (QED) is 0.775. The lowest BCUT2D eigenvalue weighted by Gasteiger charge is -2.12. The van der Waals surface area contributed by atoms with Crippen LogP contribution in [0.3, 0.4) is 0 Å². The second kappa shape index (κ2) is 7.16. The first-order valence-electron chi connectivity index (χ1n) is 7.84. The third-order valence-corrected chi connectivity index (χ3v) is 3.93. The Morgan fingerprint density at radius 1 is 1.24 bits per heavy atom. The van der Waals surface area contributed by atoms with Gasteiger partial charge >= 0.3 is 0 Å². The van der Waals surface area contributed by atoms with E-state index in [9.17, 15) is 5.11 Å². The maximum absolute atomic E-state index is 10.5. The van der Waals surface area contributed by atoms with E-state index in [1.807, 2.05) is 31.2 Å². The van der Waals surface area contributed by atoms with Crippen LogP contribution >= 0.6 is 0 Å². The number of hydrogen-bond donors (Lipinski definition) is 1. The lowest BCUT2D eigenvalue weighted by atomic mass is 10.1. The largest absolute Gasteiger partial charge is 0.497 e. The lowest BCUT2D eigenvalue weighted by molar-refractivity contribution is 0.150. The summed E-state index contributed by atoms with van der Waals surface area (Å²) in [6.07, 6.45) is -0.728. The predicted molar refractivity (Wildman–Crippen MR) is 92.9 cm³/mol. The molecule has 0 saturated carbocycles. The van der Waals surface area contributed by atoms with E-state index in [-0.39, 0.29) is 6.54 Å². The minimum Gasteiger partial charge on any atom is -0.497 e. The van der Waals surface area contributed by atoms with Gasteiger partial charge in [0.1, 0.15) is 11.6 Å². The molecule has 0 radical (unpaired) electrons. The van der Waals surface area contributed by atoms with Crippen LogP contribution in [0, 0.1) is 18.3 Å². The predicted octanol–water partition coefficient (Wildman–Crippen LogP) is 2.87. The number of nitriles is 1. The van der Waals surface area contributed by atoms with Crippen LogP contribution in [0.2, 0.25) is 0 Å². The van der Waals surface area contributed by atoms with Crippen molar-refractivity contribution in [3.05, 3.63) is 65.5 Å². The molecule has 1 unspecified atom stereocenters. The summed E-state index contributed by atoms with van der Waals surface area (Å²) in [6, 6.07) is 16.6. The number of ether oxygens (including phenoxy) is 1. The van der Waals surface area contributed by atoms with E-state index < -0.39 is 6.10 Å². The minimum absolute atomic E-state index is 0.282. The fourth-order valence-electron chi connectivity index (χ4n) is 2.56. The van der Waals surface area contributed by atoms with Crippen molar-refractivity contribution in [2.45, 2.75) is 19.6 Å². The third-order valence-electron chi connectivity index (χ3n) is 3.93. The van der Waals surface area contributed by atoms with Crippen molar-refractivity contribution in [1.82, 2.24) is 14.8 Å². The average molecular weight is 334 g/mol. The Bertz CT molecular complexity index is 927. The van der Waals surface area contributed by atoms with Gasteiger partial charge in [-0.25, -0.2) is 9.67 Å². The Hall–Kier alpha value is -3.17. The molecule has 25 heavy (non-hydrogen) atoms. The molecule has 1 heterocycles. The topological polar surface area (TPSA) is 84.0 Å². The number of benzene rings is 2. The Morgan fingerprint density at radius 2 is 2.04 bits per heavy atom. The van der Waals surface area contributed by atoms with Crippen molar-refractivity contribution < 1.29 is 9.84 Å². The van der Waals surface area contributed by atoms with Gasteiger partial charge < -0.3 is 9.84 Å². The molecular formula is C19H18N4O2. The first-order chi connectivity index (χ1) is 12.1. The van der Waals surface area contributed by atoms with Crippen LogP contribution in [-0.4, -0.2) is 27.0 Å². The van der Waals surface area contributed by atoms with Gasteiger partial charge in [-0.1, -0.05) is 24.3 Å². The molecule has 0 aliphatic heterocycles. The summed E-state index contributed by atoms with van der Waals surface area (Å²) < 4.78 is 6.86. The second-order valence-electron chi connectivity index (χ2n) is 5.65. The van der Waals surface area contributed by atoms with Crippen molar-refractivity contribution in [2.75, 3.05) is 7.11 Å². The Morgan fingerprint density at radius 3 is 2.80 bits per heavy atom. The molecular weight excluding hydrogens is 316 g/mol. The summed E-state index contributed by atoms with van der Waals surface area (Å²) in [5, 5.41) is 24.0. The van der Waals surface area contributed by atoms with E-state index in [0.29, 0.717) is 23.0 Å². The SMILES string of the molecule is COc1cccc(C(O)Cn2nc(-c3cccc(C#N)c3)nc2C)c1. The molecule has 0 spiro atoms. The number of methoxy groups -OCH3 is 1. The summed E-state index contributed by atoms with van der Waals surface area (Å²) >= 11 is 0. The Balaban J connectivity index is 1.84. The van der Waals surface area contributed by atoms with Gasteiger partial charge in [-0.05, 0) is 36.8 Å². The summed E-state index contributed by atoms with van der Waals surface area (Å²) in [5.74, 6) is 1.92. The Labute approximate surface area is 145 Å². The smallest absolute Gasteiger partial charge is 0.181 e. The number of hydrogen-bond acceptors (Lipinski definition) is 5. The normalized spacial score (nSPS) is 11.8. The minimum atomic E-state index is -0.728. The van der Waals surface area contributed by atoms with Crippen molar-refractivity contribution in [2.24, 2.45) is 0 Å². The molecule has 0 amide bonds. The second-order valence-corrected chi connectivity index (χ2v) is 5.65. The number of aliphatic hydroxyl groups excluding tert-OH is 1. The maximum atomic E-state index is 10.5. The van der Waals surface area contributed by atoms with Crippen LogP contribution in [-0.2, 0) is 6.54 Å². The van der Waals surface area contributed by atoms with Gasteiger partial charge in [-0.3, -0.25) is 0 Å². The zero-order valence-corrected chi connectivity index (χ0v) is 14.0. The fraction of sp³-hybridized carbons (Fsp3) is 0.211. The van der Waals surface area contributed by atoms with Gasteiger partial charge in [0.15, 0.2) is 5.82 Å². The molecule has 3 rings (SSSR count). The van der Waals surface area contributed by atoms with Gasteiger partial charge in [-0.15, -0.1) is 0 Å². The molecule has 3 aromatic rings. The van der Waals surface area contributed by atoms with Gasteiger partial charge in [0.2, 0.25) is 0 Å². The number of aryl methyl sites for hydroxylation is 1. The highest BCUT2D eigenvalue weighted by Crippen LogP contribution is 2.22. The zero-order chi connectivity index (χ0) is 17.8. The summed E-state index contributed by atoms with van der Waals surface area (Å²) in [4.78, 5) is 4.44. The van der Waals surface area contributed by atoms with E-state index in [0.717, 1.165) is 11.1 Å². The summed E-state index contributed by atoms with van der Waals surface area (Å²) in [6.45, 7) is 2.12. The van der Waals surface area contributed by atoms with Gasteiger partial charge in [0.25, 0.3) is 0 Å². The maximum Gasteiger partial charge on any atom is 0.181 e. The van der Waals surface area contributed by atoms with Crippen LogP contribution in [0.4, 0.5) is 0 Å². The summed E-state index contributed by atoms with van der Waals surface area (Å²) in [7, 11) is 1.59. The van der Waals surface area contributed by atoms with Gasteiger partial charge in [-0.2, -0.15) is 10.4 Å². The van der Waals surface area contributed by atoms with Crippen molar-refractivity contribution in [3.63, 3.8) is 0 Å². The van der Waals surface area contributed by atoms with E-state index in [2.05, 4.69) is 16.2 Å². The molecule has 0 aliphatic carbocycles. The molecule has 1 atom stereocenters. The summed E-state index contributed by atoms with van der Waals surface area (Å²) in [5.41, 5.74) is 2.09. The molecule has 1 N–H and O–H groups in total. The number of aliphatic hydroxyl groups is 1. The monoisotopic (exact) mass is 334 g/mol. The van der Waals surface area contributed by atoms with E-state index in [1.54, 1.807) is 36.1 Å². The van der Waals surface area contributed by atoms with Gasteiger partial charge in [0.05, 0.1) is 31.4 Å². The highest BCUT2D eigenvalue weighted by molar-refractivity contribution is 5.57. The molecule has 126 valence electrons. The highest BCUT2D eigenvalue weighted by Gasteiger charge is 2.14. The molecule has 1 aromatic heterocycles. The molecule has 0 fully saturated rings. The van der Waals surface area contributed by atoms with Crippen molar-refractivity contribution in [1.29, 1.82) is 5.26 Å². The molecule has 6 heteroatoms. The molecule has 0 aliphatic rings. The Kier molecular flexibility index (Phi) is 4.78. The van der Waals surface area contributed by atoms with Crippen molar-refractivity contribution >= 4 is 0 Å². The number of aromatic nitrogens is 3. The van der Waals surface area contributed by atoms with Crippen LogP contribution in [0.1, 0.15) is 23.1 Å². The number of nitrogens with zero attached hydrogens (tertiary/aromatic N) is 4. The van der Waals surface area contributed by atoms with E-state index in [4.69, 9.17) is 10.00 Å². The third kappa shape index (κ3) is 3.67. The van der Waals surface area contributed by atoms with Gasteiger partial charge in [0, 0.05) is 5.56 Å². The lowest BCUT2D eigenvalue weighted by Crippen LogP contribution is -2.11. The van der Waals surface area contributed by atoms with Crippen molar-refractivity contribution in [3.8, 4) is 23.2 Å². The fourth-order valence-corrected chi connectivity index (χ4v) is 2.56. The number of rotatable bonds is 5. The molecule has 0 bridgehead atoms. The molecule has 0 saturated heterocycles. The highest BCUT2D eigenvalue weighted by atomic mass is 16.5. The standard InChI is InChI=1S/C19H18N4O2/c1-13-21-19(16-7-3-5-14(9-16)11-20)22-23(13)12-18(24)15-6-4-8-17(10-15)25-2/h3-10,18,24H,12H2,1-2H3. The van der Waals surface area contributed by atoms with Crippen LogP contribution in [0.5, 0.6) is 5.75 Å². The first-order valence-corrected chi connectivity index (χ1v) is 7.84. The van der Waals surface area contributed by atoms with Crippen LogP contribution < -0.4 is 4.74 Å². The van der Waals surface area contributed by atoms with E-state index >= 15 is 0 Å². The van der Waals surface area contributed by atoms with E-state index in [1.165, 1.54) is 0 Å². The van der Waals surface area contributed by atoms with Crippen LogP contribution in [0.25, 0.3) is 11.4 Å². The average Bonchev–Trinajstić information content (AvgIpc) is 3.02. The zero-order valence-electron chi connectivity index (χ0n) is 14.0. The molecule has 2 aromatic carbocycles. The molecule has 6 nitrogen and oxygen atoms in total.